The highest BCUT2D eigenvalue weighted by molar-refractivity contribution is 7.89. The fraction of sp³-hybridized carbons (Fsp3) is 0.118. The van der Waals surface area contributed by atoms with Gasteiger partial charge in [-0.3, -0.25) is 4.98 Å². The summed E-state index contributed by atoms with van der Waals surface area (Å²) in [6.07, 6.45) is -3.40. The summed E-state index contributed by atoms with van der Waals surface area (Å²) in [6.45, 7) is -0.363. The van der Waals surface area contributed by atoms with Gasteiger partial charge in [0.25, 0.3) is 0 Å². The second-order valence-corrected chi connectivity index (χ2v) is 7.05. The predicted octanol–water partition coefficient (Wildman–Crippen LogP) is 3.61. The summed E-state index contributed by atoms with van der Waals surface area (Å²) < 4.78 is 68.8. The molecule has 0 aliphatic carbocycles. The van der Waals surface area contributed by atoms with Crippen molar-refractivity contribution in [3.63, 3.8) is 0 Å². The van der Waals surface area contributed by atoms with E-state index in [2.05, 4.69) is 14.4 Å². The summed E-state index contributed by atoms with van der Waals surface area (Å²) in [5, 5.41) is 0.635. The highest BCUT2D eigenvalue weighted by atomic mass is 32.2. The Balaban J connectivity index is 1.88. The lowest BCUT2D eigenvalue weighted by molar-refractivity contribution is -0.274. The number of alkyl halides is 3. The molecule has 0 fully saturated rings. The van der Waals surface area contributed by atoms with E-state index in [1.807, 2.05) is 0 Å². The lowest BCUT2D eigenvalue weighted by atomic mass is 10.2. The van der Waals surface area contributed by atoms with Crippen LogP contribution < -0.4 is 9.46 Å². The van der Waals surface area contributed by atoms with Crippen LogP contribution in [0, 0.1) is 0 Å². The van der Waals surface area contributed by atoms with Crippen molar-refractivity contribution in [1.29, 1.82) is 0 Å². The van der Waals surface area contributed by atoms with Gasteiger partial charge in [0.05, 0.1) is 5.52 Å². The third kappa shape index (κ3) is 4.12. The zero-order valence-electron chi connectivity index (χ0n) is 13.2. The molecule has 1 aromatic heterocycles. The molecule has 0 saturated heterocycles. The molecule has 0 saturated carbocycles. The van der Waals surface area contributed by atoms with Gasteiger partial charge in [-0.05, 0) is 18.2 Å². The van der Waals surface area contributed by atoms with E-state index in [1.54, 1.807) is 24.3 Å². The van der Waals surface area contributed by atoms with Gasteiger partial charge in [0, 0.05) is 23.7 Å². The molecule has 3 aromatic rings. The number of hydrogen-bond acceptors (Lipinski definition) is 4. The average Bonchev–Trinajstić information content (AvgIpc) is 2.59. The summed E-state index contributed by atoms with van der Waals surface area (Å²) in [7, 11) is -3.99. The summed E-state index contributed by atoms with van der Waals surface area (Å²) in [5.74, 6) is -0.459. The van der Waals surface area contributed by atoms with E-state index in [9.17, 15) is 21.6 Å². The van der Waals surface area contributed by atoms with Crippen molar-refractivity contribution in [2.75, 3.05) is 0 Å². The Hall–Kier alpha value is -2.65. The van der Waals surface area contributed by atoms with Gasteiger partial charge in [-0.2, -0.15) is 0 Å². The van der Waals surface area contributed by atoms with Crippen molar-refractivity contribution in [1.82, 2.24) is 9.71 Å². The molecule has 5 nitrogen and oxygen atoms in total. The number of fused-ring (bicyclic) bond motifs is 1. The number of hydrogen-bond donors (Lipinski definition) is 1. The lowest BCUT2D eigenvalue weighted by Crippen LogP contribution is -2.25. The van der Waals surface area contributed by atoms with Gasteiger partial charge in [0.15, 0.2) is 0 Å². The van der Waals surface area contributed by atoms with Crippen LogP contribution >= 0.6 is 0 Å². The molecule has 0 radical (unpaired) electrons. The van der Waals surface area contributed by atoms with Crippen LogP contribution in [0.15, 0.2) is 65.7 Å². The van der Waals surface area contributed by atoms with Gasteiger partial charge in [0.1, 0.15) is 10.6 Å². The van der Waals surface area contributed by atoms with Crippen LogP contribution in [-0.4, -0.2) is 19.8 Å². The van der Waals surface area contributed by atoms with Gasteiger partial charge >= 0.3 is 6.36 Å². The van der Waals surface area contributed by atoms with E-state index in [0.717, 1.165) is 6.07 Å². The molecule has 2 aromatic carbocycles. The first-order valence-corrected chi connectivity index (χ1v) is 8.92. The quantitative estimate of drug-likeness (QED) is 0.732. The van der Waals surface area contributed by atoms with Crippen molar-refractivity contribution in [3.8, 4) is 5.75 Å². The van der Waals surface area contributed by atoms with Crippen LogP contribution in [0.3, 0.4) is 0 Å². The number of aromatic nitrogens is 1. The first-order valence-electron chi connectivity index (χ1n) is 7.43. The number of rotatable bonds is 5. The van der Waals surface area contributed by atoms with Crippen LogP contribution in [0.1, 0.15) is 5.56 Å². The number of nitrogens with one attached hydrogen (secondary N) is 1. The average molecular weight is 382 g/mol. The number of benzene rings is 2. The Morgan fingerprint density at radius 1 is 1.00 bits per heavy atom. The van der Waals surface area contributed by atoms with E-state index in [0.29, 0.717) is 5.39 Å². The van der Waals surface area contributed by atoms with Gasteiger partial charge in [-0.15, -0.1) is 13.2 Å². The van der Waals surface area contributed by atoms with Crippen molar-refractivity contribution in [2.45, 2.75) is 17.8 Å². The standard InChI is InChI=1S/C17H13F3N2O3S/c18-17(19,20)25-14-8-2-1-5-13(14)11-22-26(23,24)15-9-3-6-12-7-4-10-21-16(12)15/h1-10,22H,11H2. The summed E-state index contributed by atoms with van der Waals surface area (Å²) in [5.41, 5.74) is 0.337. The molecular formula is C17H13F3N2O3S. The maximum atomic E-state index is 12.6. The number of sulfonamides is 1. The fourth-order valence-corrected chi connectivity index (χ4v) is 3.60. The minimum Gasteiger partial charge on any atom is -0.405 e. The Kier molecular flexibility index (Phi) is 4.84. The van der Waals surface area contributed by atoms with E-state index in [1.165, 1.54) is 30.5 Å². The number of nitrogens with zero attached hydrogens (tertiary/aromatic N) is 1. The Labute approximate surface area is 147 Å². The summed E-state index contributed by atoms with van der Waals surface area (Å²) in [4.78, 5) is 4.02. The van der Waals surface area contributed by atoms with Crippen LogP contribution in [0.25, 0.3) is 10.9 Å². The Bertz CT molecular complexity index is 1030. The monoisotopic (exact) mass is 382 g/mol. The second kappa shape index (κ2) is 6.93. The number of para-hydroxylation sites is 2. The molecule has 1 heterocycles. The largest absolute Gasteiger partial charge is 0.573 e. The Morgan fingerprint density at radius 3 is 2.50 bits per heavy atom. The smallest absolute Gasteiger partial charge is 0.405 e. The molecule has 0 unspecified atom stereocenters. The highest BCUT2D eigenvalue weighted by Gasteiger charge is 2.32. The van der Waals surface area contributed by atoms with Crippen LogP contribution in [0.5, 0.6) is 5.75 Å². The number of halogens is 3. The maximum absolute atomic E-state index is 12.6. The molecule has 0 atom stereocenters. The second-order valence-electron chi connectivity index (χ2n) is 5.31. The van der Waals surface area contributed by atoms with Gasteiger partial charge in [-0.25, -0.2) is 13.1 Å². The van der Waals surface area contributed by atoms with Crippen molar-refractivity contribution >= 4 is 20.9 Å². The molecule has 0 bridgehead atoms. The first-order chi connectivity index (χ1) is 12.3. The normalized spacial score (nSPS) is 12.3. The van der Waals surface area contributed by atoms with Gasteiger partial charge in [-0.1, -0.05) is 36.4 Å². The van der Waals surface area contributed by atoms with Crippen molar-refractivity contribution in [3.05, 3.63) is 66.4 Å². The van der Waals surface area contributed by atoms with E-state index in [4.69, 9.17) is 0 Å². The molecule has 0 aliphatic heterocycles. The molecule has 1 N–H and O–H groups in total. The summed E-state index contributed by atoms with van der Waals surface area (Å²) >= 11 is 0. The van der Waals surface area contributed by atoms with Gasteiger partial charge < -0.3 is 4.74 Å². The van der Waals surface area contributed by atoms with Crippen molar-refractivity contribution < 1.29 is 26.3 Å². The van der Waals surface area contributed by atoms with Crippen molar-refractivity contribution in [2.24, 2.45) is 0 Å². The third-order valence-corrected chi connectivity index (χ3v) is 4.97. The molecule has 26 heavy (non-hydrogen) atoms. The topological polar surface area (TPSA) is 68.3 Å². The zero-order valence-corrected chi connectivity index (χ0v) is 14.0. The molecular weight excluding hydrogens is 369 g/mol. The maximum Gasteiger partial charge on any atom is 0.573 e. The lowest BCUT2D eigenvalue weighted by Gasteiger charge is -2.14. The minimum atomic E-state index is -4.87. The van der Waals surface area contributed by atoms with E-state index < -0.39 is 22.1 Å². The van der Waals surface area contributed by atoms with E-state index in [-0.39, 0.29) is 22.5 Å². The van der Waals surface area contributed by atoms with Crippen LogP contribution in [0.4, 0.5) is 13.2 Å². The molecule has 0 amide bonds. The molecule has 0 aliphatic rings. The van der Waals surface area contributed by atoms with Crippen LogP contribution in [0.2, 0.25) is 0 Å². The summed E-state index contributed by atoms with van der Waals surface area (Å²) in [6, 6.07) is 13.4. The fourth-order valence-electron chi connectivity index (χ4n) is 2.42. The first kappa shape index (κ1) is 18.2. The molecule has 9 heteroatoms. The SMILES string of the molecule is O=S(=O)(NCc1ccccc1OC(F)(F)F)c1cccc2cccnc12. The predicted molar refractivity (Wildman–Crippen MR) is 88.9 cm³/mol. The molecule has 0 spiro atoms. The number of ether oxygens (including phenoxy) is 1. The molecule has 136 valence electrons. The number of pyridine rings is 1. The Morgan fingerprint density at radius 2 is 1.73 bits per heavy atom. The zero-order chi connectivity index (χ0) is 18.8. The minimum absolute atomic E-state index is 0.0511. The highest BCUT2D eigenvalue weighted by Crippen LogP contribution is 2.27. The molecule has 3 rings (SSSR count). The van der Waals surface area contributed by atoms with Crippen LogP contribution in [-0.2, 0) is 16.6 Å². The van der Waals surface area contributed by atoms with E-state index >= 15 is 0 Å². The van der Waals surface area contributed by atoms with Gasteiger partial charge in [0.2, 0.25) is 10.0 Å². The third-order valence-electron chi connectivity index (χ3n) is 3.54.